The highest BCUT2D eigenvalue weighted by molar-refractivity contribution is 9.10. The monoisotopic (exact) mass is 376 g/mol. The van der Waals surface area contributed by atoms with E-state index in [1.54, 1.807) is 19.4 Å². The van der Waals surface area contributed by atoms with Gasteiger partial charge in [-0.3, -0.25) is 4.79 Å². The summed E-state index contributed by atoms with van der Waals surface area (Å²) in [5.74, 6) is 1.08. The molecule has 23 heavy (non-hydrogen) atoms. The molecule has 0 atom stereocenters. The van der Waals surface area contributed by atoms with Crippen molar-refractivity contribution in [1.82, 2.24) is 5.43 Å². The van der Waals surface area contributed by atoms with Crippen LogP contribution in [0.15, 0.2) is 52.0 Å². The van der Waals surface area contributed by atoms with Gasteiger partial charge in [-0.15, -0.1) is 0 Å². The number of hydrazone groups is 1. The van der Waals surface area contributed by atoms with Crippen LogP contribution < -0.4 is 14.9 Å². The largest absolute Gasteiger partial charge is 0.497 e. The number of amides is 1. The summed E-state index contributed by atoms with van der Waals surface area (Å²) in [6.45, 7) is 1.86. The van der Waals surface area contributed by atoms with Crippen LogP contribution in [0.4, 0.5) is 0 Å². The molecular formula is C17H17BrN2O3. The Hall–Kier alpha value is -2.34. The molecular weight excluding hydrogens is 360 g/mol. The van der Waals surface area contributed by atoms with Crippen molar-refractivity contribution in [3.05, 3.63) is 58.1 Å². The molecule has 0 heterocycles. The maximum Gasteiger partial charge on any atom is 0.277 e. The lowest BCUT2D eigenvalue weighted by molar-refractivity contribution is -0.123. The van der Waals surface area contributed by atoms with Gasteiger partial charge in [-0.25, -0.2) is 5.43 Å². The molecule has 1 amide bonds. The van der Waals surface area contributed by atoms with E-state index >= 15 is 0 Å². The molecule has 0 saturated carbocycles. The molecule has 5 nitrogen and oxygen atoms in total. The number of nitrogens with one attached hydrogen (secondary N) is 1. The van der Waals surface area contributed by atoms with Crippen LogP contribution in [0.25, 0.3) is 0 Å². The van der Waals surface area contributed by atoms with Crippen molar-refractivity contribution in [3.8, 4) is 11.5 Å². The van der Waals surface area contributed by atoms with E-state index in [0.717, 1.165) is 21.3 Å². The highest BCUT2D eigenvalue weighted by Gasteiger charge is 2.03. The predicted octanol–water partition coefficient (Wildman–Crippen LogP) is 3.30. The third-order valence-corrected chi connectivity index (χ3v) is 3.91. The first kappa shape index (κ1) is 17.0. The number of nitrogens with zero attached hydrogens (tertiary/aromatic N) is 1. The minimum Gasteiger partial charge on any atom is -0.497 e. The van der Waals surface area contributed by atoms with E-state index in [0.29, 0.717) is 5.75 Å². The fourth-order valence-corrected chi connectivity index (χ4v) is 2.00. The van der Waals surface area contributed by atoms with Crippen molar-refractivity contribution in [2.75, 3.05) is 13.7 Å². The van der Waals surface area contributed by atoms with Crippen LogP contribution in [0.1, 0.15) is 11.1 Å². The lowest BCUT2D eigenvalue weighted by Gasteiger charge is -2.06. The van der Waals surface area contributed by atoms with Crippen molar-refractivity contribution in [2.45, 2.75) is 6.92 Å². The average molecular weight is 377 g/mol. The topological polar surface area (TPSA) is 59.9 Å². The Morgan fingerprint density at radius 3 is 2.57 bits per heavy atom. The Morgan fingerprint density at radius 1 is 1.22 bits per heavy atom. The van der Waals surface area contributed by atoms with Gasteiger partial charge in [-0.2, -0.15) is 5.10 Å². The minimum absolute atomic E-state index is 0.0962. The number of ether oxygens (including phenoxy) is 2. The third kappa shape index (κ3) is 5.41. The van der Waals surface area contributed by atoms with Gasteiger partial charge in [-0.05, 0) is 60.5 Å². The van der Waals surface area contributed by atoms with Crippen LogP contribution >= 0.6 is 15.9 Å². The number of methoxy groups -OCH3 is 1. The van der Waals surface area contributed by atoms with Gasteiger partial charge in [0.2, 0.25) is 0 Å². The Labute approximate surface area is 143 Å². The minimum atomic E-state index is -0.324. The lowest BCUT2D eigenvalue weighted by Crippen LogP contribution is -2.24. The van der Waals surface area contributed by atoms with Crippen LogP contribution in [0.3, 0.4) is 0 Å². The Bertz CT molecular complexity index is 699. The molecule has 0 aromatic heterocycles. The molecule has 0 aliphatic carbocycles. The zero-order chi connectivity index (χ0) is 16.7. The summed E-state index contributed by atoms with van der Waals surface area (Å²) in [6.07, 6.45) is 1.56. The maximum atomic E-state index is 11.7. The van der Waals surface area contributed by atoms with E-state index in [4.69, 9.17) is 9.47 Å². The number of carbonyl (C=O) groups is 1. The smallest absolute Gasteiger partial charge is 0.277 e. The molecule has 2 rings (SSSR count). The molecule has 0 saturated heterocycles. The van der Waals surface area contributed by atoms with Crippen LogP contribution in [0, 0.1) is 6.92 Å². The second-order valence-electron chi connectivity index (χ2n) is 4.77. The summed E-state index contributed by atoms with van der Waals surface area (Å²) in [7, 11) is 1.61. The average Bonchev–Trinajstić information content (AvgIpc) is 2.56. The van der Waals surface area contributed by atoms with Gasteiger partial charge in [-0.1, -0.05) is 15.9 Å². The fraction of sp³-hybridized carbons (Fsp3) is 0.176. The van der Waals surface area contributed by atoms with E-state index in [1.165, 1.54) is 0 Å². The number of rotatable bonds is 6. The molecule has 0 fully saturated rings. The lowest BCUT2D eigenvalue weighted by atomic mass is 10.2. The SMILES string of the molecule is COc1ccc(C=NNC(=O)COc2ccc(Br)c(C)c2)cc1. The van der Waals surface area contributed by atoms with Crippen molar-refractivity contribution in [1.29, 1.82) is 0 Å². The number of aryl methyl sites for hydroxylation is 1. The van der Waals surface area contributed by atoms with Gasteiger partial charge >= 0.3 is 0 Å². The van der Waals surface area contributed by atoms with Gasteiger partial charge in [0.25, 0.3) is 5.91 Å². The standard InChI is InChI=1S/C17H17BrN2O3/c1-12-9-15(7-8-16(12)18)23-11-17(21)20-19-10-13-3-5-14(22-2)6-4-13/h3-10H,11H2,1-2H3,(H,20,21). The van der Waals surface area contributed by atoms with Crippen molar-refractivity contribution in [3.63, 3.8) is 0 Å². The second-order valence-corrected chi connectivity index (χ2v) is 5.62. The summed E-state index contributed by atoms with van der Waals surface area (Å²) in [5.41, 5.74) is 4.32. The van der Waals surface area contributed by atoms with Crippen LogP contribution in [-0.2, 0) is 4.79 Å². The molecule has 2 aromatic rings. The zero-order valence-electron chi connectivity index (χ0n) is 12.9. The number of hydrogen-bond donors (Lipinski definition) is 1. The Morgan fingerprint density at radius 2 is 1.91 bits per heavy atom. The first-order valence-corrected chi connectivity index (χ1v) is 7.72. The first-order valence-electron chi connectivity index (χ1n) is 6.93. The molecule has 0 bridgehead atoms. The number of benzene rings is 2. The van der Waals surface area contributed by atoms with Gasteiger partial charge in [0.15, 0.2) is 6.61 Å². The van der Waals surface area contributed by atoms with Crippen molar-refractivity contribution < 1.29 is 14.3 Å². The molecule has 1 N–H and O–H groups in total. The first-order chi connectivity index (χ1) is 11.1. The van der Waals surface area contributed by atoms with Crippen molar-refractivity contribution >= 4 is 28.1 Å². The highest BCUT2D eigenvalue weighted by Crippen LogP contribution is 2.21. The van der Waals surface area contributed by atoms with Crippen molar-refractivity contribution in [2.24, 2.45) is 5.10 Å². The molecule has 0 aliphatic heterocycles. The summed E-state index contributed by atoms with van der Waals surface area (Å²) in [5, 5.41) is 3.89. The molecule has 2 aromatic carbocycles. The van der Waals surface area contributed by atoms with Gasteiger partial charge in [0, 0.05) is 4.47 Å². The predicted molar refractivity (Wildman–Crippen MR) is 93.1 cm³/mol. The number of hydrogen-bond acceptors (Lipinski definition) is 4. The van der Waals surface area contributed by atoms with E-state index in [2.05, 4.69) is 26.5 Å². The second kappa shape index (κ2) is 8.33. The van der Waals surface area contributed by atoms with Crippen LogP contribution in [0.2, 0.25) is 0 Å². The molecule has 120 valence electrons. The van der Waals surface area contributed by atoms with E-state index < -0.39 is 0 Å². The molecule has 0 radical (unpaired) electrons. The summed E-state index contributed by atoms with van der Waals surface area (Å²) in [6, 6.07) is 12.9. The van der Waals surface area contributed by atoms with Gasteiger partial charge in [0.1, 0.15) is 11.5 Å². The summed E-state index contributed by atoms with van der Waals surface area (Å²) < 4.78 is 11.5. The number of halogens is 1. The van der Waals surface area contributed by atoms with Gasteiger partial charge < -0.3 is 9.47 Å². The molecule has 0 unspecified atom stereocenters. The quantitative estimate of drug-likeness (QED) is 0.621. The molecule has 0 spiro atoms. The van der Waals surface area contributed by atoms with Crippen LogP contribution in [-0.4, -0.2) is 25.8 Å². The van der Waals surface area contributed by atoms with E-state index in [9.17, 15) is 4.79 Å². The maximum absolute atomic E-state index is 11.7. The number of carbonyl (C=O) groups excluding carboxylic acids is 1. The van der Waals surface area contributed by atoms with Gasteiger partial charge in [0.05, 0.1) is 13.3 Å². The Kier molecular flexibility index (Phi) is 6.17. The third-order valence-electron chi connectivity index (χ3n) is 3.02. The molecule has 6 heteroatoms. The summed E-state index contributed by atoms with van der Waals surface area (Å²) in [4.78, 5) is 11.7. The fourth-order valence-electron chi connectivity index (χ4n) is 1.76. The zero-order valence-corrected chi connectivity index (χ0v) is 14.5. The highest BCUT2D eigenvalue weighted by atomic mass is 79.9. The summed E-state index contributed by atoms with van der Waals surface area (Å²) >= 11 is 3.41. The Balaban J connectivity index is 1.79. The van der Waals surface area contributed by atoms with Crippen LogP contribution in [0.5, 0.6) is 11.5 Å². The van der Waals surface area contributed by atoms with E-state index in [-0.39, 0.29) is 12.5 Å². The van der Waals surface area contributed by atoms with E-state index in [1.807, 2.05) is 43.3 Å². The molecule has 0 aliphatic rings. The normalized spacial score (nSPS) is 10.6.